The van der Waals surface area contributed by atoms with Gasteiger partial charge in [-0.15, -0.1) is 0 Å². The Bertz CT molecular complexity index is 114. The van der Waals surface area contributed by atoms with Crippen LogP contribution in [0, 0.1) is 0 Å². The van der Waals surface area contributed by atoms with Crippen molar-refractivity contribution < 1.29 is 9.90 Å². The molecule has 0 saturated carbocycles. The lowest BCUT2D eigenvalue weighted by Gasteiger charge is -2.04. The van der Waals surface area contributed by atoms with Crippen molar-refractivity contribution in [3.05, 3.63) is 0 Å². The highest BCUT2D eigenvalue weighted by Crippen LogP contribution is 2.06. The Hall–Kier alpha value is -0.570. The van der Waals surface area contributed by atoms with Gasteiger partial charge in [0, 0.05) is 13.6 Å². The predicted molar refractivity (Wildman–Crippen MR) is 39.6 cm³/mol. The molecule has 0 aromatic carbocycles. The molecule has 3 nitrogen and oxygen atoms in total. The van der Waals surface area contributed by atoms with Gasteiger partial charge in [0.15, 0.2) is 0 Å². The first kappa shape index (κ1) is 9.43. The summed E-state index contributed by atoms with van der Waals surface area (Å²) in [4.78, 5) is 12.1. The average Bonchev–Trinajstić information content (AvgIpc) is 2.16. The van der Waals surface area contributed by atoms with Crippen LogP contribution in [0.1, 0.15) is 20.3 Å². The number of nitrogens with zero attached hydrogens (tertiary/aromatic N) is 1. The van der Waals surface area contributed by atoms with Crippen LogP contribution in [-0.4, -0.2) is 35.6 Å². The molecule has 0 aromatic heterocycles. The highest BCUT2D eigenvalue weighted by Gasteiger charge is 2.23. The molecule has 1 aliphatic rings. The fourth-order valence-electron chi connectivity index (χ4n) is 0.840. The molecule has 1 heterocycles. The summed E-state index contributed by atoms with van der Waals surface area (Å²) in [6, 6.07) is 0. The molecule has 1 atom stereocenters. The minimum Gasteiger partial charge on any atom is -0.391 e. The van der Waals surface area contributed by atoms with E-state index in [0.29, 0.717) is 13.0 Å². The molecular formula is C7H15NO2. The highest BCUT2D eigenvalue weighted by atomic mass is 16.3. The van der Waals surface area contributed by atoms with Crippen LogP contribution in [0.25, 0.3) is 0 Å². The van der Waals surface area contributed by atoms with Gasteiger partial charge in [-0.2, -0.15) is 0 Å². The van der Waals surface area contributed by atoms with E-state index < -0.39 is 6.10 Å². The minimum absolute atomic E-state index is 0.0394. The van der Waals surface area contributed by atoms with Gasteiger partial charge in [-0.25, -0.2) is 0 Å². The summed E-state index contributed by atoms with van der Waals surface area (Å²) < 4.78 is 0. The molecule has 0 bridgehead atoms. The number of hydrogen-bond donors (Lipinski definition) is 1. The molecule has 1 N–H and O–H groups in total. The molecule has 0 radical (unpaired) electrons. The Balaban J connectivity index is 0.000000371. The number of carbonyl (C=O) groups is 1. The molecule has 1 unspecified atom stereocenters. The molecule has 0 spiro atoms. The van der Waals surface area contributed by atoms with Crippen LogP contribution < -0.4 is 0 Å². The lowest BCUT2D eigenvalue weighted by atomic mass is 10.3. The third-order valence-electron chi connectivity index (χ3n) is 1.32. The summed E-state index contributed by atoms with van der Waals surface area (Å²) in [7, 11) is 1.69. The van der Waals surface area contributed by atoms with Crippen LogP contribution in [0.4, 0.5) is 0 Å². The van der Waals surface area contributed by atoms with E-state index in [2.05, 4.69) is 0 Å². The third kappa shape index (κ3) is 2.35. The molecule has 0 aliphatic carbocycles. The van der Waals surface area contributed by atoms with Gasteiger partial charge in [0.2, 0.25) is 5.91 Å². The van der Waals surface area contributed by atoms with E-state index in [9.17, 15) is 4.79 Å². The molecule has 1 amide bonds. The summed E-state index contributed by atoms with van der Waals surface area (Å²) in [5.41, 5.74) is 0. The Kier molecular flexibility index (Phi) is 4.03. The van der Waals surface area contributed by atoms with Gasteiger partial charge >= 0.3 is 0 Å². The van der Waals surface area contributed by atoms with Crippen LogP contribution in [0.15, 0.2) is 0 Å². The zero-order chi connectivity index (χ0) is 8.15. The first-order chi connectivity index (χ1) is 4.70. The smallest absolute Gasteiger partial charge is 0.225 e. The molecule has 3 heteroatoms. The van der Waals surface area contributed by atoms with Crippen LogP contribution in [-0.2, 0) is 4.79 Å². The van der Waals surface area contributed by atoms with Crippen molar-refractivity contribution in [3.63, 3.8) is 0 Å². The Morgan fingerprint density at radius 3 is 2.20 bits per heavy atom. The van der Waals surface area contributed by atoms with E-state index in [1.807, 2.05) is 13.8 Å². The second-order valence-electron chi connectivity index (χ2n) is 2.13. The zero-order valence-electron chi connectivity index (χ0n) is 6.79. The fraction of sp³-hybridized carbons (Fsp3) is 0.857. The molecule has 1 saturated heterocycles. The van der Waals surface area contributed by atoms with Crippen LogP contribution in [0.3, 0.4) is 0 Å². The summed E-state index contributed by atoms with van der Waals surface area (Å²) in [6.45, 7) is 4.50. The van der Waals surface area contributed by atoms with Gasteiger partial charge in [-0.3, -0.25) is 4.79 Å². The van der Waals surface area contributed by atoms with Crippen molar-refractivity contribution in [1.82, 2.24) is 4.90 Å². The number of hydrogen-bond acceptors (Lipinski definition) is 2. The monoisotopic (exact) mass is 145 g/mol. The van der Waals surface area contributed by atoms with E-state index in [0.717, 1.165) is 0 Å². The van der Waals surface area contributed by atoms with Crippen molar-refractivity contribution in [2.45, 2.75) is 26.4 Å². The van der Waals surface area contributed by atoms with Crippen LogP contribution in [0.5, 0.6) is 0 Å². The Labute approximate surface area is 61.6 Å². The van der Waals surface area contributed by atoms with E-state index in [-0.39, 0.29) is 5.91 Å². The molecule has 60 valence electrons. The van der Waals surface area contributed by atoms with E-state index in [4.69, 9.17) is 5.11 Å². The molecule has 0 aromatic rings. The second-order valence-corrected chi connectivity index (χ2v) is 2.13. The highest BCUT2D eigenvalue weighted by molar-refractivity contribution is 5.78. The van der Waals surface area contributed by atoms with Crippen LogP contribution >= 0.6 is 0 Å². The lowest BCUT2D eigenvalue weighted by molar-refractivity contribution is -0.126. The average molecular weight is 145 g/mol. The normalized spacial score (nSPS) is 24.2. The molecule has 10 heavy (non-hydrogen) atoms. The summed E-state index contributed by atoms with van der Waals surface area (Å²) >= 11 is 0. The summed E-state index contributed by atoms with van der Waals surface area (Å²) in [5.74, 6) is 0.0394. The van der Waals surface area contributed by atoms with Crippen molar-refractivity contribution in [3.8, 4) is 0 Å². The predicted octanol–water partition coefficient (Wildman–Crippen LogP) is 0.236. The number of likely N-dealkylation sites (tertiary alicyclic amines) is 1. The van der Waals surface area contributed by atoms with Gasteiger partial charge < -0.3 is 10.0 Å². The number of β-amino-alcohol motifs (C(OH)–C–C–N with tert-alkyl or cyclic N) is 1. The number of aliphatic hydroxyl groups excluding tert-OH is 1. The maximum absolute atomic E-state index is 10.6. The van der Waals surface area contributed by atoms with E-state index >= 15 is 0 Å². The van der Waals surface area contributed by atoms with Gasteiger partial charge in [-0.1, -0.05) is 13.8 Å². The van der Waals surface area contributed by atoms with Gasteiger partial charge in [0.1, 0.15) is 0 Å². The quantitative estimate of drug-likeness (QED) is 0.530. The largest absolute Gasteiger partial charge is 0.391 e. The summed E-state index contributed by atoms with van der Waals surface area (Å²) in [5, 5.41) is 8.81. The Morgan fingerprint density at radius 1 is 1.60 bits per heavy atom. The summed E-state index contributed by atoms with van der Waals surface area (Å²) in [6.07, 6.45) is -0.122. The third-order valence-corrected chi connectivity index (χ3v) is 1.32. The zero-order valence-corrected chi connectivity index (χ0v) is 6.79. The molecule has 1 aliphatic heterocycles. The maximum atomic E-state index is 10.6. The standard InChI is InChI=1S/C5H9NO2.C2H6/c1-6-3-4(7)2-5(6)8;1-2/h4,7H,2-3H2,1H3;1-2H3. The first-order valence-corrected chi connectivity index (χ1v) is 3.62. The Morgan fingerprint density at radius 2 is 2.10 bits per heavy atom. The molecule has 1 fully saturated rings. The van der Waals surface area contributed by atoms with Gasteiger partial charge in [0.05, 0.1) is 12.5 Å². The van der Waals surface area contributed by atoms with E-state index in [1.165, 1.54) is 4.90 Å². The number of likely N-dealkylation sites (N-methyl/N-ethyl adjacent to an activating group) is 1. The van der Waals surface area contributed by atoms with Crippen molar-refractivity contribution >= 4 is 5.91 Å². The first-order valence-electron chi connectivity index (χ1n) is 3.62. The lowest BCUT2D eigenvalue weighted by Crippen LogP contribution is -2.19. The molecule has 1 rings (SSSR count). The van der Waals surface area contributed by atoms with Gasteiger partial charge in [-0.05, 0) is 0 Å². The number of aliphatic hydroxyl groups is 1. The van der Waals surface area contributed by atoms with Crippen LogP contribution in [0.2, 0.25) is 0 Å². The number of carbonyl (C=O) groups excluding carboxylic acids is 1. The molecular weight excluding hydrogens is 130 g/mol. The SMILES string of the molecule is CC.CN1CC(O)CC1=O. The second kappa shape index (κ2) is 4.28. The maximum Gasteiger partial charge on any atom is 0.225 e. The number of amides is 1. The topological polar surface area (TPSA) is 40.5 Å². The fourth-order valence-corrected chi connectivity index (χ4v) is 0.840. The van der Waals surface area contributed by atoms with Crippen molar-refractivity contribution in [2.24, 2.45) is 0 Å². The van der Waals surface area contributed by atoms with Crippen molar-refractivity contribution in [1.29, 1.82) is 0 Å². The van der Waals surface area contributed by atoms with Crippen molar-refractivity contribution in [2.75, 3.05) is 13.6 Å². The van der Waals surface area contributed by atoms with E-state index in [1.54, 1.807) is 7.05 Å². The number of rotatable bonds is 0. The minimum atomic E-state index is -0.424. The van der Waals surface area contributed by atoms with Gasteiger partial charge in [0.25, 0.3) is 0 Å².